The Hall–Kier alpha value is -4.06. The second kappa shape index (κ2) is 11.8. The SMILES string of the molecule is COC(=O)c1ccc(OC(C)c2c(CCN)n(C(c3ccccc3)c3ccccc3)c3ccc(Cl)cc23)cc1. The lowest BCUT2D eigenvalue weighted by Crippen LogP contribution is -2.19. The second-order valence-corrected chi connectivity index (χ2v) is 9.87. The first-order valence-electron chi connectivity index (χ1n) is 13.0. The summed E-state index contributed by atoms with van der Waals surface area (Å²) in [5.74, 6) is 0.268. The van der Waals surface area contributed by atoms with E-state index in [9.17, 15) is 4.79 Å². The second-order valence-electron chi connectivity index (χ2n) is 9.43. The van der Waals surface area contributed by atoms with E-state index in [1.165, 1.54) is 18.2 Å². The number of nitrogens with two attached hydrogens (primary N) is 1. The van der Waals surface area contributed by atoms with Crippen LogP contribution in [0.1, 0.15) is 51.8 Å². The summed E-state index contributed by atoms with van der Waals surface area (Å²) in [7, 11) is 1.37. The van der Waals surface area contributed by atoms with Crippen molar-refractivity contribution in [1.29, 1.82) is 0 Å². The van der Waals surface area contributed by atoms with Crippen molar-refractivity contribution in [2.45, 2.75) is 25.5 Å². The Morgan fingerprint density at radius 1 is 0.897 bits per heavy atom. The van der Waals surface area contributed by atoms with Crippen LogP contribution in [-0.2, 0) is 11.2 Å². The molecule has 1 unspecified atom stereocenters. The van der Waals surface area contributed by atoms with Gasteiger partial charge in [0, 0.05) is 33.6 Å². The highest BCUT2D eigenvalue weighted by Gasteiger charge is 2.28. The summed E-state index contributed by atoms with van der Waals surface area (Å²) in [5.41, 5.74) is 12.2. The number of ether oxygens (including phenoxy) is 2. The summed E-state index contributed by atoms with van der Waals surface area (Å²) in [6, 6.07) is 33.9. The minimum Gasteiger partial charge on any atom is -0.486 e. The summed E-state index contributed by atoms with van der Waals surface area (Å²) in [6.07, 6.45) is 0.345. The van der Waals surface area contributed by atoms with Crippen LogP contribution >= 0.6 is 11.6 Å². The van der Waals surface area contributed by atoms with Gasteiger partial charge in [-0.2, -0.15) is 0 Å². The maximum atomic E-state index is 11.9. The highest BCUT2D eigenvalue weighted by molar-refractivity contribution is 6.31. The zero-order valence-corrected chi connectivity index (χ0v) is 22.8. The molecule has 0 spiro atoms. The Bertz CT molecular complexity index is 1520. The number of rotatable bonds is 9. The van der Waals surface area contributed by atoms with Crippen molar-refractivity contribution in [3.63, 3.8) is 0 Å². The van der Waals surface area contributed by atoms with E-state index in [4.69, 9.17) is 26.8 Å². The van der Waals surface area contributed by atoms with Gasteiger partial charge in [-0.1, -0.05) is 72.3 Å². The van der Waals surface area contributed by atoms with Crippen molar-refractivity contribution in [2.75, 3.05) is 13.7 Å². The molecule has 1 aromatic heterocycles. The molecule has 5 nitrogen and oxygen atoms in total. The predicted octanol–water partition coefficient (Wildman–Crippen LogP) is 7.36. The molecule has 198 valence electrons. The molecule has 1 atom stereocenters. The fraction of sp³-hybridized carbons (Fsp3) is 0.182. The summed E-state index contributed by atoms with van der Waals surface area (Å²) in [4.78, 5) is 11.9. The monoisotopic (exact) mass is 538 g/mol. The van der Waals surface area contributed by atoms with Gasteiger partial charge in [-0.3, -0.25) is 0 Å². The van der Waals surface area contributed by atoms with Gasteiger partial charge >= 0.3 is 5.97 Å². The van der Waals surface area contributed by atoms with Gasteiger partial charge in [-0.05, 0) is 67.1 Å². The molecule has 2 N–H and O–H groups in total. The topological polar surface area (TPSA) is 66.5 Å². The molecule has 39 heavy (non-hydrogen) atoms. The number of methoxy groups -OCH3 is 1. The van der Waals surface area contributed by atoms with Gasteiger partial charge in [-0.25, -0.2) is 4.79 Å². The van der Waals surface area contributed by atoms with Crippen LogP contribution < -0.4 is 10.5 Å². The number of fused-ring (bicyclic) bond motifs is 1. The summed E-state index contributed by atoms with van der Waals surface area (Å²) < 4.78 is 13.7. The first-order valence-corrected chi connectivity index (χ1v) is 13.4. The average molecular weight is 539 g/mol. The molecule has 5 aromatic rings. The van der Waals surface area contributed by atoms with E-state index in [0.717, 1.165) is 22.2 Å². The maximum Gasteiger partial charge on any atom is 0.337 e. The van der Waals surface area contributed by atoms with Crippen LogP contribution in [0.15, 0.2) is 103 Å². The van der Waals surface area contributed by atoms with Crippen LogP contribution in [0.2, 0.25) is 5.02 Å². The molecule has 0 fully saturated rings. The maximum absolute atomic E-state index is 11.9. The molecule has 0 amide bonds. The Labute approximate surface area is 233 Å². The molecule has 5 rings (SSSR count). The van der Waals surface area contributed by atoms with Gasteiger partial charge in [-0.15, -0.1) is 0 Å². The van der Waals surface area contributed by atoms with Crippen LogP contribution in [0.3, 0.4) is 0 Å². The van der Waals surface area contributed by atoms with Gasteiger partial charge in [0.2, 0.25) is 0 Å². The van der Waals surface area contributed by atoms with E-state index in [-0.39, 0.29) is 18.1 Å². The molecule has 0 saturated carbocycles. The molecule has 1 heterocycles. The Morgan fingerprint density at radius 3 is 2.08 bits per heavy atom. The minimum absolute atomic E-state index is 0.0714. The van der Waals surface area contributed by atoms with E-state index in [2.05, 4.69) is 59.2 Å². The van der Waals surface area contributed by atoms with Gasteiger partial charge < -0.3 is 19.8 Å². The number of benzene rings is 4. The number of hydrogen-bond acceptors (Lipinski definition) is 4. The first kappa shape index (κ1) is 26.5. The molecule has 0 radical (unpaired) electrons. The molecule has 0 saturated heterocycles. The quantitative estimate of drug-likeness (QED) is 0.199. The highest BCUT2D eigenvalue weighted by Crippen LogP contribution is 2.40. The van der Waals surface area contributed by atoms with Crippen LogP contribution in [-0.4, -0.2) is 24.2 Å². The third kappa shape index (κ3) is 5.42. The number of aromatic nitrogens is 1. The van der Waals surface area contributed by atoms with Crippen LogP contribution in [0.4, 0.5) is 0 Å². The van der Waals surface area contributed by atoms with Gasteiger partial charge in [0.15, 0.2) is 0 Å². The van der Waals surface area contributed by atoms with Gasteiger partial charge in [0.1, 0.15) is 11.9 Å². The lowest BCUT2D eigenvalue weighted by molar-refractivity contribution is 0.0600. The number of carbonyl (C=O) groups excluding carboxylic acids is 1. The minimum atomic E-state index is -0.384. The Kier molecular flexibility index (Phi) is 8.01. The van der Waals surface area contributed by atoms with Crippen molar-refractivity contribution < 1.29 is 14.3 Å². The lowest BCUT2D eigenvalue weighted by Gasteiger charge is -2.25. The fourth-order valence-electron chi connectivity index (χ4n) is 5.32. The molecule has 0 bridgehead atoms. The van der Waals surface area contributed by atoms with Gasteiger partial charge in [0.25, 0.3) is 0 Å². The van der Waals surface area contributed by atoms with Crippen molar-refractivity contribution >= 4 is 28.5 Å². The zero-order chi connectivity index (χ0) is 27.4. The number of carbonyl (C=O) groups is 1. The zero-order valence-electron chi connectivity index (χ0n) is 22.0. The lowest BCUT2D eigenvalue weighted by atomic mass is 9.97. The van der Waals surface area contributed by atoms with Crippen LogP contribution in [0, 0.1) is 0 Å². The van der Waals surface area contributed by atoms with Crippen molar-refractivity contribution in [1.82, 2.24) is 4.57 Å². The standard InChI is InChI=1S/C33H31ClN2O3/c1-22(39-27-16-13-25(14-17-27)33(37)38-2)31-28-21-26(34)15-18-29(28)36(30(31)19-20-35)32(23-9-5-3-6-10-23)24-11-7-4-8-12-24/h3-18,21-22,32H,19-20,35H2,1-2H3. The molecule has 6 heteroatoms. The number of nitrogens with zero attached hydrogens (tertiary/aromatic N) is 1. The molecule has 0 aliphatic carbocycles. The van der Waals surface area contributed by atoms with Crippen LogP contribution in [0.25, 0.3) is 10.9 Å². The summed E-state index contributed by atoms with van der Waals surface area (Å²) in [5, 5.41) is 1.69. The average Bonchev–Trinajstić information content (AvgIpc) is 3.27. The fourth-order valence-corrected chi connectivity index (χ4v) is 5.49. The first-order chi connectivity index (χ1) is 19.0. The van der Waals surface area contributed by atoms with Crippen molar-refractivity contribution in [2.24, 2.45) is 5.73 Å². The normalized spacial score (nSPS) is 12.0. The van der Waals surface area contributed by atoms with E-state index >= 15 is 0 Å². The Balaban J connectivity index is 1.69. The summed E-state index contributed by atoms with van der Waals surface area (Å²) in [6.45, 7) is 2.52. The van der Waals surface area contributed by atoms with Gasteiger partial charge in [0.05, 0.1) is 18.7 Å². The van der Waals surface area contributed by atoms with E-state index in [0.29, 0.717) is 29.3 Å². The Morgan fingerprint density at radius 2 is 1.51 bits per heavy atom. The number of esters is 1. The molecular weight excluding hydrogens is 508 g/mol. The third-order valence-corrected chi connectivity index (χ3v) is 7.21. The largest absolute Gasteiger partial charge is 0.486 e. The third-order valence-electron chi connectivity index (χ3n) is 6.97. The number of halogens is 1. The molecule has 4 aromatic carbocycles. The highest BCUT2D eigenvalue weighted by atomic mass is 35.5. The smallest absolute Gasteiger partial charge is 0.337 e. The van der Waals surface area contributed by atoms with E-state index in [1.54, 1.807) is 24.3 Å². The molecular formula is C33H31ClN2O3. The molecule has 0 aliphatic rings. The van der Waals surface area contributed by atoms with Crippen molar-refractivity contribution in [3.8, 4) is 5.75 Å². The van der Waals surface area contributed by atoms with Crippen molar-refractivity contribution in [3.05, 3.63) is 136 Å². The van der Waals surface area contributed by atoms with Crippen LogP contribution in [0.5, 0.6) is 5.75 Å². The number of hydrogen-bond donors (Lipinski definition) is 1. The predicted molar refractivity (Wildman–Crippen MR) is 157 cm³/mol. The summed E-state index contributed by atoms with van der Waals surface area (Å²) >= 11 is 6.55. The van der Waals surface area contributed by atoms with E-state index in [1.807, 2.05) is 31.2 Å². The molecule has 0 aliphatic heterocycles. The van der Waals surface area contributed by atoms with E-state index < -0.39 is 0 Å².